The molecule has 1 fully saturated rings. The summed E-state index contributed by atoms with van der Waals surface area (Å²) in [7, 11) is 0. The second-order valence-corrected chi connectivity index (χ2v) is 6.15. The van der Waals surface area contributed by atoms with Crippen molar-refractivity contribution in [2.45, 2.75) is 23.3 Å². The van der Waals surface area contributed by atoms with Crippen molar-refractivity contribution >= 4 is 11.8 Å². The first-order valence-corrected chi connectivity index (χ1v) is 8.21. The molecule has 1 aliphatic carbocycles. The first-order valence-electron chi connectivity index (χ1n) is 6.99. The Kier molecular flexibility index (Phi) is 4.10. The molecule has 1 aliphatic rings. The van der Waals surface area contributed by atoms with E-state index in [1.807, 2.05) is 0 Å². The SMILES string of the molecule is CSc1ccccc1C(NN)C1CC1c1ccccc1. The largest absolute Gasteiger partial charge is 0.271 e. The highest BCUT2D eigenvalue weighted by Gasteiger charge is 2.44. The zero-order valence-corrected chi connectivity index (χ0v) is 12.4. The normalized spacial score (nSPS) is 22.5. The number of hydrogen-bond donors (Lipinski definition) is 2. The quantitative estimate of drug-likeness (QED) is 0.499. The van der Waals surface area contributed by atoms with E-state index in [9.17, 15) is 0 Å². The van der Waals surface area contributed by atoms with Crippen molar-refractivity contribution in [1.82, 2.24) is 5.43 Å². The van der Waals surface area contributed by atoms with Crippen LogP contribution < -0.4 is 11.3 Å². The van der Waals surface area contributed by atoms with Crippen LogP contribution >= 0.6 is 11.8 Å². The lowest BCUT2D eigenvalue weighted by molar-refractivity contribution is 0.481. The fourth-order valence-electron chi connectivity index (χ4n) is 3.03. The molecular formula is C17H20N2S. The molecule has 3 N–H and O–H groups in total. The van der Waals surface area contributed by atoms with Crippen LogP contribution in [0.1, 0.15) is 29.5 Å². The smallest absolute Gasteiger partial charge is 0.0505 e. The molecule has 3 atom stereocenters. The molecule has 2 aromatic carbocycles. The average Bonchev–Trinajstić information content (AvgIpc) is 3.30. The lowest BCUT2D eigenvalue weighted by atomic mass is 9.99. The van der Waals surface area contributed by atoms with E-state index in [2.05, 4.69) is 66.3 Å². The van der Waals surface area contributed by atoms with E-state index >= 15 is 0 Å². The molecule has 0 amide bonds. The van der Waals surface area contributed by atoms with Gasteiger partial charge in [-0.05, 0) is 41.7 Å². The predicted octanol–water partition coefficient (Wildman–Crippen LogP) is 3.72. The van der Waals surface area contributed by atoms with Crippen molar-refractivity contribution in [3.63, 3.8) is 0 Å². The van der Waals surface area contributed by atoms with Gasteiger partial charge in [0.2, 0.25) is 0 Å². The third kappa shape index (κ3) is 2.62. The predicted molar refractivity (Wildman–Crippen MR) is 85.6 cm³/mol. The van der Waals surface area contributed by atoms with Crippen molar-refractivity contribution in [2.75, 3.05) is 6.26 Å². The van der Waals surface area contributed by atoms with Gasteiger partial charge < -0.3 is 0 Å². The second-order valence-electron chi connectivity index (χ2n) is 5.30. The first-order chi connectivity index (χ1) is 9.85. The maximum atomic E-state index is 5.85. The molecule has 3 rings (SSSR count). The fourth-order valence-corrected chi connectivity index (χ4v) is 3.68. The Morgan fingerprint density at radius 3 is 2.50 bits per heavy atom. The van der Waals surface area contributed by atoms with Crippen LogP contribution in [0.3, 0.4) is 0 Å². The van der Waals surface area contributed by atoms with Crippen LogP contribution in [0.15, 0.2) is 59.5 Å². The number of nitrogens with two attached hydrogens (primary N) is 1. The second kappa shape index (κ2) is 6.00. The van der Waals surface area contributed by atoms with Gasteiger partial charge in [-0.3, -0.25) is 11.3 Å². The third-order valence-electron chi connectivity index (χ3n) is 4.15. The summed E-state index contributed by atoms with van der Waals surface area (Å²) < 4.78 is 0. The third-order valence-corrected chi connectivity index (χ3v) is 4.96. The summed E-state index contributed by atoms with van der Waals surface area (Å²) in [6, 6.07) is 19.5. The minimum Gasteiger partial charge on any atom is -0.271 e. The Morgan fingerprint density at radius 2 is 1.80 bits per heavy atom. The monoisotopic (exact) mass is 284 g/mol. The molecule has 2 aromatic rings. The van der Waals surface area contributed by atoms with Gasteiger partial charge in [0.15, 0.2) is 0 Å². The van der Waals surface area contributed by atoms with Crippen LogP contribution in [0.4, 0.5) is 0 Å². The maximum absolute atomic E-state index is 5.85. The summed E-state index contributed by atoms with van der Waals surface area (Å²) in [6.45, 7) is 0. The number of thioether (sulfide) groups is 1. The molecule has 0 aliphatic heterocycles. The van der Waals surface area contributed by atoms with Crippen LogP contribution in [0.25, 0.3) is 0 Å². The van der Waals surface area contributed by atoms with E-state index in [1.54, 1.807) is 11.8 Å². The number of benzene rings is 2. The van der Waals surface area contributed by atoms with Gasteiger partial charge in [-0.1, -0.05) is 48.5 Å². The number of rotatable bonds is 5. The Labute approximate surface area is 124 Å². The van der Waals surface area contributed by atoms with Gasteiger partial charge in [0, 0.05) is 4.90 Å². The van der Waals surface area contributed by atoms with Gasteiger partial charge in [-0.2, -0.15) is 0 Å². The minimum atomic E-state index is 0.240. The lowest BCUT2D eigenvalue weighted by Crippen LogP contribution is -2.30. The van der Waals surface area contributed by atoms with Crippen molar-refractivity contribution in [1.29, 1.82) is 0 Å². The van der Waals surface area contributed by atoms with Crippen LogP contribution in [0.2, 0.25) is 0 Å². The molecular weight excluding hydrogens is 264 g/mol. The summed E-state index contributed by atoms with van der Waals surface area (Å²) >= 11 is 1.79. The molecule has 1 saturated carbocycles. The highest BCUT2D eigenvalue weighted by Crippen LogP contribution is 2.54. The molecule has 2 nitrogen and oxygen atoms in total. The van der Waals surface area contributed by atoms with Crippen LogP contribution in [-0.2, 0) is 0 Å². The first kappa shape index (κ1) is 13.7. The fraction of sp³-hybridized carbons (Fsp3) is 0.294. The molecule has 0 heterocycles. The van der Waals surface area contributed by atoms with Crippen molar-refractivity contribution in [3.05, 3.63) is 65.7 Å². The van der Waals surface area contributed by atoms with Crippen LogP contribution in [0.5, 0.6) is 0 Å². The van der Waals surface area contributed by atoms with Gasteiger partial charge in [0.1, 0.15) is 0 Å². The van der Waals surface area contributed by atoms with E-state index in [0.29, 0.717) is 11.8 Å². The number of hydrazine groups is 1. The van der Waals surface area contributed by atoms with E-state index < -0.39 is 0 Å². The molecule has 104 valence electrons. The highest BCUT2D eigenvalue weighted by atomic mass is 32.2. The summed E-state index contributed by atoms with van der Waals surface area (Å²) in [6.07, 6.45) is 3.33. The van der Waals surface area contributed by atoms with E-state index in [-0.39, 0.29) is 6.04 Å². The summed E-state index contributed by atoms with van der Waals surface area (Å²) in [5.74, 6) is 7.08. The molecule has 0 aromatic heterocycles. The van der Waals surface area contributed by atoms with E-state index in [4.69, 9.17) is 5.84 Å². The van der Waals surface area contributed by atoms with E-state index in [1.165, 1.54) is 22.4 Å². The average molecular weight is 284 g/mol. The van der Waals surface area contributed by atoms with Gasteiger partial charge in [0.05, 0.1) is 6.04 Å². The number of hydrogen-bond acceptors (Lipinski definition) is 3. The zero-order valence-electron chi connectivity index (χ0n) is 11.6. The molecule has 0 spiro atoms. The van der Waals surface area contributed by atoms with E-state index in [0.717, 1.165) is 0 Å². The van der Waals surface area contributed by atoms with Crippen molar-refractivity contribution < 1.29 is 0 Å². The Hall–Kier alpha value is -1.29. The van der Waals surface area contributed by atoms with Gasteiger partial charge in [-0.15, -0.1) is 11.8 Å². The van der Waals surface area contributed by atoms with Crippen LogP contribution in [-0.4, -0.2) is 6.26 Å². The maximum Gasteiger partial charge on any atom is 0.0505 e. The summed E-state index contributed by atoms with van der Waals surface area (Å²) in [4.78, 5) is 1.31. The minimum absolute atomic E-state index is 0.240. The molecule has 0 radical (unpaired) electrons. The van der Waals surface area contributed by atoms with Crippen molar-refractivity contribution in [3.8, 4) is 0 Å². The Morgan fingerprint density at radius 1 is 1.10 bits per heavy atom. The van der Waals surface area contributed by atoms with Gasteiger partial charge in [0.25, 0.3) is 0 Å². The molecule has 3 heteroatoms. The summed E-state index contributed by atoms with van der Waals surface area (Å²) in [5, 5.41) is 0. The van der Waals surface area contributed by atoms with Crippen LogP contribution in [0, 0.1) is 5.92 Å². The van der Waals surface area contributed by atoms with Gasteiger partial charge >= 0.3 is 0 Å². The lowest BCUT2D eigenvalue weighted by Gasteiger charge is -2.19. The zero-order chi connectivity index (χ0) is 13.9. The highest BCUT2D eigenvalue weighted by molar-refractivity contribution is 7.98. The van der Waals surface area contributed by atoms with Crippen molar-refractivity contribution in [2.24, 2.45) is 11.8 Å². The molecule has 0 saturated heterocycles. The molecule has 3 unspecified atom stereocenters. The topological polar surface area (TPSA) is 38.0 Å². The molecule has 0 bridgehead atoms. The van der Waals surface area contributed by atoms with Gasteiger partial charge in [-0.25, -0.2) is 0 Å². The molecule has 20 heavy (non-hydrogen) atoms. The standard InChI is InChI=1S/C17H20N2S/c1-20-16-10-6-5-9-13(16)17(19-18)15-11-14(15)12-7-3-2-4-8-12/h2-10,14-15,17,19H,11,18H2,1H3. The number of nitrogens with one attached hydrogen (secondary N) is 1. The Balaban J connectivity index is 1.82. The Bertz CT molecular complexity index is 570. The summed E-state index contributed by atoms with van der Waals surface area (Å²) in [5.41, 5.74) is 5.80.